The average molecular weight is 644 g/mol. The summed E-state index contributed by atoms with van der Waals surface area (Å²) in [4.78, 5) is 26.2. The van der Waals surface area contributed by atoms with Gasteiger partial charge in [-0.3, -0.25) is 9.59 Å². The zero-order chi connectivity index (χ0) is 34.4. The fourth-order valence-electron chi connectivity index (χ4n) is 6.93. The normalized spacial score (nSPS) is 11.9. The van der Waals surface area contributed by atoms with Gasteiger partial charge >= 0.3 is 5.97 Å². The summed E-state index contributed by atoms with van der Waals surface area (Å²) in [5, 5.41) is 0. The van der Waals surface area contributed by atoms with Crippen molar-refractivity contribution in [2.24, 2.45) is 11.8 Å². The summed E-state index contributed by atoms with van der Waals surface area (Å²) in [6.07, 6.45) is 5.80. The molecule has 0 unspecified atom stereocenters. The molecular formula is C43H51N2O3+. The molecule has 5 nitrogen and oxygen atoms in total. The van der Waals surface area contributed by atoms with Crippen molar-refractivity contribution in [2.75, 3.05) is 13.7 Å². The highest BCUT2D eigenvalue weighted by Gasteiger charge is 2.32. The van der Waals surface area contributed by atoms with Crippen LogP contribution in [0.5, 0.6) is 0 Å². The predicted molar refractivity (Wildman–Crippen MR) is 199 cm³/mol. The molecule has 0 spiro atoms. The second-order valence-corrected chi connectivity index (χ2v) is 14.0. The molecular weight excluding hydrogens is 592 g/mol. The molecule has 0 saturated carbocycles. The third kappa shape index (κ3) is 7.47. The molecule has 0 radical (unpaired) electrons. The lowest BCUT2D eigenvalue weighted by molar-refractivity contribution is -0.143. The minimum atomic E-state index is -0.184. The van der Waals surface area contributed by atoms with Gasteiger partial charge in [0.2, 0.25) is 0 Å². The van der Waals surface area contributed by atoms with E-state index >= 15 is 0 Å². The van der Waals surface area contributed by atoms with Crippen LogP contribution < -0.4 is 4.48 Å². The smallest absolute Gasteiger partial charge is 0.305 e. The summed E-state index contributed by atoms with van der Waals surface area (Å²) >= 11 is 0. The Bertz CT molecular complexity index is 1790. The number of carbonyl (C=O) groups excluding carboxylic acids is 2. The first-order valence-corrected chi connectivity index (χ1v) is 17.5. The number of aryl methyl sites for hydroxylation is 1. The van der Waals surface area contributed by atoms with Gasteiger partial charge in [0, 0.05) is 60.3 Å². The van der Waals surface area contributed by atoms with E-state index in [0.29, 0.717) is 53.3 Å². The van der Waals surface area contributed by atoms with Crippen molar-refractivity contribution < 1.29 is 14.3 Å². The first kappa shape index (κ1) is 34.8. The van der Waals surface area contributed by atoms with Crippen molar-refractivity contribution in [3.63, 3.8) is 0 Å². The van der Waals surface area contributed by atoms with E-state index in [1.54, 1.807) is 0 Å². The van der Waals surface area contributed by atoms with E-state index in [0.717, 1.165) is 35.3 Å². The molecule has 0 fully saturated rings. The van der Waals surface area contributed by atoms with E-state index in [1.807, 2.05) is 50.4 Å². The number of quaternary nitrogens is 1. The number of pyridine rings is 1. The molecule has 0 bridgehead atoms. The van der Waals surface area contributed by atoms with Crippen LogP contribution in [0.15, 0.2) is 97.2 Å². The maximum Gasteiger partial charge on any atom is 0.305 e. The van der Waals surface area contributed by atoms with Crippen LogP contribution in [-0.4, -0.2) is 29.8 Å². The lowest BCUT2D eigenvalue weighted by atomic mass is 9.98. The van der Waals surface area contributed by atoms with Gasteiger partial charge in [-0.2, -0.15) is 0 Å². The molecule has 3 aromatic carbocycles. The van der Waals surface area contributed by atoms with E-state index in [2.05, 4.69) is 99.8 Å². The summed E-state index contributed by atoms with van der Waals surface area (Å²) < 4.78 is 7.71. The summed E-state index contributed by atoms with van der Waals surface area (Å²) in [5.41, 5.74) is 10.4. The number of nitrogens with zero attached hydrogens (tertiary/aromatic N) is 2. The first-order valence-electron chi connectivity index (χ1n) is 17.5. The Morgan fingerprint density at radius 1 is 0.750 bits per heavy atom. The summed E-state index contributed by atoms with van der Waals surface area (Å²) in [5.74, 6) is 1.01. The number of rotatable bonds is 14. The van der Waals surface area contributed by atoms with Gasteiger partial charge in [0.25, 0.3) is 0 Å². The monoisotopic (exact) mass is 643 g/mol. The Hall–Kier alpha value is -4.48. The number of ether oxygens (including phenoxy) is 1. The number of carbonyl (C=O) groups is 2. The Morgan fingerprint density at radius 3 is 1.77 bits per heavy atom. The van der Waals surface area contributed by atoms with Gasteiger partial charge in [-0.15, -0.1) is 0 Å². The van der Waals surface area contributed by atoms with Gasteiger partial charge in [-0.25, -0.2) is 4.48 Å². The largest absolute Gasteiger partial charge is 0.466 e. The van der Waals surface area contributed by atoms with E-state index in [-0.39, 0.29) is 11.8 Å². The Balaban J connectivity index is 1.50. The fraction of sp³-hybridized carbons (Fsp3) is 0.349. The zero-order valence-electron chi connectivity index (χ0n) is 29.8. The van der Waals surface area contributed by atoms with Crippen LogP contribution in [0, 0.1) is 18.8 Å². The molecule has 0 aliphatic carbocycles. The average Bonchev–Trinajstić information content (AvgIpc) is 3.35. The lowest BCUT2D eigenvalue weighted by Crippen LogP contribution is -2.33. The molecule has 0 amide bonds. The standard InChI is InChI=1S/C43H51N2O3/c1-8-48-41(46)14-11-13-39-32(6)42(40-12-9-10-27-44(39)40)43(47)35-19-25-38(26-20-35)45(7,36-21-15-33(16-22-36)28-30(2)3)37-23-17-34(18-24-37)29-31(4)5/h9-10,12,15-27,30-31H,8,11,13-14,28-29H2,1-7H3/q+1. The molecule has 5 rings (SSSR count). The van der Waals surface area contributed by atoms with Crippen molar-refractivity contribution in [3.05, 3.63) is 131 Å². The highest BCUT2D eigenvalue weighted by Crippen LogP contribution is 2.42. The van der Waals surface area contributed by atoms with E-state index in [1.165, 1.54) is 22.5 Å². The van der Waals surface area contributed by atoms with Crippen LogP contribution in [0.3, 0.4) is 0 Å². The maximum absolute atomic E-state index is 14.2. The SMILES string of the molecule is CCOC(=O)CCCc1c(C)c(C(=O)c2ccc([N+](C)(c3ccc(CC(C)C)cc3)c3ccc(CC(C)C)cc3)cc2)c2ccccn12. The van der Waals surface area contributed by atoms with Gasteiger partial charge in [0.1, 0.15) is 17.1 Å². The third-order valence-electron chi connectivity index (χ3n) is 9.38. The van der Waals surface area contributed by atoms with Crippen LogP contribution >= 0.6 is 0 Å². The summed E-state index contributed by atoms with van der Waals surface area (Å²) in [7, 11) is 2.24. The third-order valence-corrected chi connectivity index (χ3v) is 9.38. The molecule has 2 heterocycles. The second-order valence-electron chi connectivity index (χ2n) is 14.0. The number of benzene rings is 3. The summed E-state index contributed by atoms with van der Waals surface area (Å²) in [6, 6.07) is 32.1. The predicted octanol–water partition coefficient (Wildman–Crippen LogP) is 10.4. The van der Waals surface area contributed by atoms with Crippen molar-refractivity contribution in [1.29, 1.82) is 0 Å². The molecule has 5 heteroatoms. The maximum atomic E-state index is 14.2. The number of aromatic nitrogens is 1. The molecule has 0 atom stereocenters. The topological polar surface area (TPSA) is 47.8 Å². The number of ketones is 1. The van der Waals surface area contributed by atoms with Gasteiger partial charge in [-0.1, -0.05) is 58.0 Å². The molecule has 5 aromatic rings. The quantitative estimate of drug-likeness (QED) is 0.0687. The Morgan fingerprint density at radius 2 is 1.27 bits per heavy atom. The van der Waals surface area contributed by atoms with Gasteiger partial charge in [-0.05, 0) is 92.3 Å². The molecule has 0 aliphatic heterocycles. The second kappa shape index (κ2) is 15.2. The molecule has 0 N–H and O–H groups in total. The number of hydrogen-bond donors (Lipinski definition) is 0. The Kier molecular flexibility index (Phi) is 11.0. The van der Waals surface area contributed by atoms with Crippen LogP contribution in [0.25, 0.3) is 5.52 Å². The number of fused-ring (bicyclic) bond motifs is 1. The van der Waals surface area contributed by atoms with Gasteiger partial charge in [0.05, 0.1) is 24.7 Å². The molecule has 48 heavy (non-hydrogen) atoms. The number of hydrogen-bond acceptors (Lipinski definition) is 3. The lowest BCUT2D eigenvalue weighted by Gasteiger charge is -2.33. The van der Waals surface area contributed by atoms with E-state index in [4.69, 9.17) is 4.74 Å². The van der Waals surface area contributed by atoms with Crippen LogP contribution in [-0.2, 0) is 28.8 Å². The molecule has 0 aliphatic rings. The Labute approximate surface area is 286 Å². The van der Waals surface area contributed by atoms with E-state index in [9.17, 15) is 9.59 Å². The summed E-state index contributed by atoms with van der Waals surface area (Å²) in [6.45, 7) is 13.2. The molecule has 2 aromatic heterocycles. The molecule has 250 valence electrons. The van der Waals surface area contributed by atoms with Gasteiger partial charge in [0.15, 0.2) is 5.78 Å². The zero-order valence-corrected chi connectivity index (χ0v) is 29.8. The minimum Gasteiger partial charge on any atom is -0.466 e. The van der Waals surface area contributed by atoms with Crippen molar-refractivity contribution in [3.8, 4) is 0 Å². The van der Waals surface area contributed by atoms with E-state index < -0.39 is 0 Å². The van der Waals surface area contributed by atoms with Crippen LogP contribution in [0.1, 0.15) is 85.8 Å². The fourth-order valence-corrected chi connectivity index (χ4v) is 6.93. The highest BCUT2D eigenvalue weighted by molar-refractivity contribution is 6.14. The van der Waals surface area contributed by atoms with Crippen molar-refractivity contribution >= 4 is 34.3 Å². The minimum absolute atomic E-state index is 0.00433. The van der Waals surface area contributed by atoms with Crippen molar-refractivity contribution in [1.82, 2.24) is 8.88 Å². The van der Waals surface area contributed by atoms with Crippen molar-refractivity contribution in [2.45, 2.75) is 73.6 Å². The number of esters is 1. The van der Waals surface area contributed by atoms with Crippen LogP contribution in [0.4, 0.5) is 17.1 Å². The van der Waals surface area contributed by atoms with Crippen LogP contribution in [0.2, 0.25) is 0 Å². The van der Waals surface area contributed by atoms with Gasteiger partial charge < -0.3 is 9.14 Å². The first-order chi connectivity index (χ1) is 23.0. The highest BCUT2D eigenvalue weighted by atomic mass is 16.5. The molecule has 0 saturated heterocycles.